The van der Waals surface area contributed by atoms with Gasteiger partial charge in [0.05, 0.1) is 4.58 Å². The van der Waals surface area contributed by atoms with Gasteiger partial charge in [-0.3, -0.25) is 4.79 Å². The van der Waals surface area contributed by atoms with Crippen molar-refractivity contribution in [2.75, 3.05) is 18.6 Å². The highest BCUT2D eigenvalue weighted by molar-refractivity contribution is 8.19. The molecule has 0 atom stereocenters. The molecule has 1 aliphatic heterocycles. The first-order valence-corrected chi connectivity index (χ1v) is 9.67. The standard InChI is InChI=1S/C18H17F2NOS2/c1-21(11-14-6-7-15(19)10-16(14)20)17(22)12-2-4-13(5-3-12)18-23-8-9-24-18/h2-7,10,18H,8-9,11H2,1H3. The second-order valence-electron chi connectivity index (χ2n) is 5.59. The van der Waals surface area contributed by atoms with E-state index in [9.17, 15) is 13.6 Å². The van der Waals surface area contributed by atoms with Crippen LogP contribution in [-0.2, 0) is 6.54 Å². The fourth-order valence-electron chi connectivity index (χ4n) is 2.53. The van der Waals surface area contributed by atoms with Crippen LogP contribution in [0.2, 0.25) is 0 Å². The third-order valence-electron chi connectivity index (χ3n) is 3.82. The Hall–Kier alpha value is -1.53. The Bertz CT molecular complexity index is 730. The Labute approximate surface area is 148 Å². The number of rotatable bonds is 4. The molecule has 1 amide bonds. The van der Waals surface area contributed by atoms with Crippen molar-refractivity contribution < 1.29 is 13.6 Å². The summed E-state index contributed by atoms with van der Waals surface area (Å²) in [5, 5.41) is 0. The SMILES string of the molecule is CN(Cc1ccc(F)cc1F)C(=O)c1ccc(C2SCCS2)cc1. The average molecular weight is 365 g/mol. The molecule has 2 nitrogen and oxygen atoms in total. The van der Waals surface area contributed by atoms with E-state index in [4.69, 9.17) is 0 Å². The van der Waals surface area contributed by atoms with Gasteiger partial charge in [0.15, 0.2) is 0 Å². The van der Waals surface area contributed by atoms with Crippen molar-refractivity contribution in [3.8, 4) is 0 Å². The van der Waals surface area contributed by atoms with E-state index in [-0.39, 0.29) is 12.5 Å². The van der Waals surface area contributed by atoms with E-state index in [0.29, 0.717) is 15.7 Å². The third-order valence-corrected chi connectivity index (χ3v) is 6.93. The highest BCUT2D eigenvalue weighted by Gasteiger charge is 2.19. The molecule has 0 spiro atoms. The molecule has 3 rings (SSSR count). The van der Waals surface area contributed by atoms with Gasteiger partial charge in [-0.1, -0.05) is 18.2 Å². The van der Waals surface area contributed by atoms with Crippen LogP contribution in [0.25, 0.3) is 0 Å². The summed E-state index contributed by atoms with van der Waals surface area (Å²) in [5.41, 5.74) is 2.07. The molecule has 126 valence electrons. The molecule has 0 aliphatic carbocycles. The average Bonchev–Trinajstić information content (AvgIpc) is 3.11. The lowest BCUT2D eigenvalue weighted by atomic mass is 10.1. The zero-order chi connectivity index (χ0) is 17.1. The van der Waals surface area contributed by atoms with Crippen molar-refractivity contribution in [2.24, 2.45) is 0 Å². The van der Waals surface area contributed by atoms with Gasteiger partial charge in [-0.2, -0.15) is 0 Å². The molecule has 0 saturated carbocycles. The molecule has 2 aromatic rings. The van der Waals surface area contributed by atoms with Crippen LogP contribution in [0.15, 0.2) is 42.5 Å². The van der Waals surface area contributed by atoms with Gasteiger partial charge in [0.1, 0.15) is 11.6 Å². The number of nitrogens with zero attached hydrogens (tertiary/aromatic N) is 1. The minimum Gasteiger partial charge on any atom is -0.337 e. The summed E-state index contributed by atoms with van der Waals surface area (Å²) in [7, 11) is 1.61. The number of amides is 1. The van der Waals surface area contributed by atoms with E-state index in [1.807, 2.05) is 47.8 Å². The molecular weight excluding hydrogens is 348 g/mol. The molecule has 1 fully saturated rings. The highest BCUT2D eigenvalue weighted by atomic mass is 32.2. The lowest BCUT2D eigenvalue weighted by molar-refractivity contribution is 0.0784. The fourth-order valence-corrected chi connectivity index (χ4v) is 5.39. The van der Waals surface area contributed by atoms with Crippen LogP contribution < -0.4 is 0 Å². The van der Waals surface area contributed by atoms with Crippen LogP contribution in [0.3, 0.4) is 0 Å². The number of halogens is 2. The summed E-state index contributed by atoms with van der Waals surface area (Å²) in [6.07, 6.45) is 0. The monoisotopic (exact) mass is 365 g/mol. The van der Waals surface area contributed by atoms with Gasteiger partial charge in [-0.15, -0.1) is 23.5 Å². The van der Waals surface area contributed by atoms with E-state index >= 15 is 0 Å². The topological polar surface area (TPSA) is 20.3 Å². The first kappa shape index (κ1) is 17.3. The van der Waals surface area contributed by atoms with Crippen molar-refractivity contribution in [3.63, 3.8) is 0 Å². The molecule has 0 unspecified atom stereocenters. The first-order chi connectivity index (χ1) is 11.5. The van der Waals surface area contributed by atoms with Gasteiger partial charge in [0.25, 0.3) is 5.91 Å². The highest BCUT2D eigenvalue weighted by Crippen LogP contribution is 2.45. The molecule has 0 bridgehead atoms. The maximum absolute atomic E-state index is 13.7. The second kappa shape index (κ2) is 7.57. The maximum Gasteiger partial charge on any atom is 0.253 e. The minimum atomic E-state index is -0.639. The van der Waals surface area contributed by atoms with Crippen LogP contribution >= 0.6 is 23.5 Å². The smallest absolute Gasteiger partial charge is 0.253 e. The number of hydrogen-bond acceptors (Lipinski definition) is 3. The van der Waals surface area contributed by atoms with Crippen LogP contribution in [0.1, 0.15) is 26.1 Å². The Kier molecular flexibility index (Phi) is 5.46. The third kappa shape index (κ3) is 3.92. The second-order valence-corrected chi connectivity index (χ2v) is 8.32. The summed E-state index contributed by atoms with van der Waals surface area (Å²) in [6, 6.07) is 11.0. The van der Waals surface area contributed by atoms with E-state index < -0.39 is 11.6 Å². The van der Waals surface area contributed by atoms with Crippen molar-refractivity contribution in [3.05, 3.63) is 70.8 Å². The first-order valence-electron chi connectivity index (χ1n) is 7.57. The predicted molar refractivity (Wildman–Crippen MR) is 96.3 cm³/mol. The van der Waals surface area contributed by atoms with E-state index in [0.717, 1.165) is 17.6 Å². The van der Waals surface area contributed by atoms with Crippen LogP contribution in [0, 0.1) is 11.6 Å². The van der Waals surface area contributed by atoms with Gasteiger partial charge in [0.2, 0.25) is 0 Å². The van der Waals surface area contributed by atoms with Crippen molar-refractivity contribution in [1.29, 1.82) is 0 Å². The maximum atomic E-state index is 13.7. The van der Waals surface area contributed by atoms with Gasteiger partial charge < -0.3 is 4.90 Å². The van der Waals surface area contributed by atoms with Crippen LogP contribution in [-0.4, -0.2) is 29.4 Å². The molecule has 1 heterocycles. The largest absolute Gasteiger partial charge is 0.337 e. The summed E-state index contributed by atoms with van der Waals surface area (Å²) in [4.78, 5) is 13.9. The number of hydrogen-bond donors (Lipinski definition) is 0. The number of carbonyl (C=O) groups excluding carboxylic acids is 1. The molecule has 1 aliphatic rings. The number of carbonyl (C=O) groups is 1. The Morgan fingerprint density at radius 1 is 1.12 bits per heavy atom. The number of benzene rings is 2. The summed E-state index contributed by atoms with van der Waals surface area (Å²) >= 11 is 3.83. The van der Waals surface area contributed by atoms with Crippen molar-refractivity contribution in [2.45, 2.75) is 11.1 Å². The zero-order valence-corrected chi connectivity index (χ0v) is 14.8. The van der Waals surface area contributed by atoms with Crippen LogP contribution in [0.4, 0.5) is 8.78 Å². The molecule has 24 heavy (non-hydrogen) atoms. The lowest BCUT2D eigenvalue weighted by Gasteiger charge is -2.18. The summed E-state index contributed by atoms with van der Waals surface area (Å²) in [6.45, 7) is 0.0982. The Balaban J connectivity index is 1.68. The molecule has 0 radical (unpaired) electrons. The van der Waals surface area contributed by atoms with Crippen molar-refractivity contribution >= 4 is 29.4 Å². The van der Waals surface area contributed by atoms with E-state index in [1.54, 1.807) is 7.05 Å². The van der Waals surface area contributed by atoms with Gasteiger partial charge in [-0.05, 0) is 23.8 Å². The molecule has 6 heteroatoms. The summed E-state index contributed by atoms with van der Waals surface area (Å²) in [5.74, 6) is 0.866. The zero-order valence-electron chi connectivity index (χ0n) is 13.2. The number of thioether (sulfide) groups is 2. The van der Waals surface area contributed by atoms with E-state index in [2.05, 4.69) is 0 Å². The Morgan fingerprint density at radius 3 is 2.42 bits per heavy atom. The normalized spacial score (nSPS) is 14.8. The van der Waals surface area contributed by atoms with Gasteiger partial charge in [0, 0.05) is 42.3 Å². The van der Waals surface area contributed by atoms with Gasteiger partial charge >= 0.3 is 0 Å². The molecular formula is C18H17F2NOS2. The quantitative estimate of drug-likeness (QED) is 0.782. The van der Waals surface area contributed by atoms with Crippen molar-refractivity contribution in [1.82, 2.24) is 4.90 Å². The minimum absolute atomic E-state index is 0.0982. The Morgan fingerprint density at radius 2 is 1.79 bits per heavy atom. The molecule has 0 aromatic heterocycles. The van der Waals surface area contributed by atoms with Gasteiger partial charge in [-0.25, -0.2) is 8.78 Å². The molecule has 2 aromatic carbocycles. The summed E-state index contributed by atoms with van der Waals surface area (Å²) < 4.78 is 27.1. The predicted octanol–water partition coefficient (Wildman–Crippen LogP) is 4.72. The fraction of sp³-hybridized carbons (Fsp3) is 0.278. The molecule has 0 N–H and O–H groups in total. The van der Waals surface area contributed by atoms with E-state index in [1.165, 1.54) is 22.6 Å². The van der Waals surface area contributed by atoms with Crippen LogP contribution in [0.5, 0.6) is 0 Å². The molecule has 1 saturated heterocycles. The lowest BCUT2D eigenvalue weighted by Crippen LogP contribution is -2.26.